The van der Waals surface area contributed by atoms with E-state index in [0.29, 0.717) is 13.0 Å². The van der Waals surface area contributed by atoms with Gasteiger partial charge in [-0.05, 0) is 32.8 Å². The SMILES string of the molecule is CC(C)(C)OC(=O)NC[C@@H](Cc1ccccc1)NO. The normalized spacial score (nSPS) is 12.8. The Morgan fingerprint density at radius 1 is 1.32 bits per heavy atom. The second-order valence-electron chi connectivity index (χ2n) is 5.40. The fourth-order valence-electron chi connectivity index (χ4n) is 1.58. The van der Waals surface area contributed by atoms with Crippen LogP contribution in [0.3, 0.4) is 0 Å². The maximum atomic E-state index is 11.5. The molecule has 0 saturated heterocycles. The van der Waals surface area contributed by atoms with Crippen molar-refractivity contribution in [3.63, 3.8) is 0 Å². The van der Waals surface area contributed by atoms with Crippen molar-refractivity contribution in [2.24, 2.45) is 0 Å². The van der Waals surface area contributed by atoms with Crippen molar-refractivity contribution in [3.05, 3.63) is 35.9 Å². The fourth-order valence-corrected chi connectivity index (χ4v) is 1.58. The van der Waals surface area contributed by atoms with E-state index in [1.54, 1.807) is 20.8 Å². The second-order valence-corrected chi connectivity index (χ2v) is 5.40. The molecule has 106 valence electrons. The molecule has 0 radical (unpaired) electrons. The average molecular weight is 266 g/mol. The molecular weight excluding hydrogens is 244 g/mol. The Kier molecular flexibility index (Phi) is 5.79. The summed E-state index contributed by atoms with van der Waals surface area (Å²) in [4.78, 5) is 11.5. The molecule has 1 amide bonds. The molecule has 0 heterocycles. The van der Waals surface area contributed by atoms with E-state index in [0.717, 1.165) is 5.56 Å². The minimum Gasteiger partial charge on any atom is -0.444 e. The van der Waals surface area contributed by atoms with E-state index in [1.807, 2.05) is 30.3 Å². The number of ether oxygens (including phenoxy) is 1. The predicted molar refractivity (Wildman–Crippen MR) is 73.1 cm³/mol. The molecule has 0 unspecified atom stereocenters. The molecule has 1 atom stereocenters. The summed E-state index contributed by atoms with van der Waals surface area (Å²) in [5, 5.41) is 11.7. The summed E-state index contributed by atoms with van der Waals surface area (Å²) in [5.74, 6) is 0. The highest BCUT2D eigenvalue weighted by molar-refractivity contribution is 5.67. The van der Waals surface area contributed by atoms with E-state index in [4.69, 9.17) is 9.94 Å². The summed E-state index contributed by atoms with van der Waals surface area (Å²) < 4.78 is 5.12. The summed E-state index contributed by atoms with van der Waals surface area (Å²) in [6.07, 6.45) is 0.133. The highest BCUT2D eigenvalue weighted by Crippen LogP contribution is 2.07. The number of hydroxylamine groups is 1. The zero-order valence-corrected chi connectivity index (χ0v) is 11.6. The molecule has 3 N–H and O–H groups in total. The van der Waals surface area contributed by atoms with Crippen LogP contribution in [-0.2, 0) is 11.2 Å². The van der Waals surface area contributed by atoms with Crippen molar-refractivity contribution in [1.29, 1.82) is 0 Å². The number of benzene rings is 1. The first-order valence-electron chi connectivity index (χ1n) is 6.31. The molecule has 5 nitrogen and oxygen atoms in total. The third kappa shape index (κ3) is 6.79. The Bertz CT molecular complexity index is 387. The molecule has 1 rings (SSSR count). The van der Waals surface area contributed by atoms with Crippen LogP contribution in [0.25, 0.3) is 0 Å². The molecule has 0 aliphatic rings. The molecule has 0 fully saturated rings. The Morgan fingerprint density at radius 3 is 2.47 bits per heavy atom. The van der Waals surface area contributed by atoms with Gasteiger partial charge >= 0.3 is 6.09 Å². The zero-order chi connectivity index (χ0) is 14.3. The van der Waals surface area contributed by atoms with Crippen molar-refractivity contribution in [2.45, 2.75) is 38.8 Å². The van der Waals surface area contributed by atoms with Crippen LogP contribution >= 0.6 is 0 Å². The lowest BCUT2D eigenvalue weighted by atomic mass is 10.1. The molecule has 0 aliphatic heterocycles. The monoisotopic (exact) mass is 266 g/mol. The lowest BCUT2D eigenvalue weighted by Crippen LogP contribution is -2.42. The number of carbonyl (C=O) groups is 1. The van der Waals surface area contributed by atoms with Gasteiger partial charge < -0.3 is 15.3 Å². The lowest BCUT2D eigenvalue weighted by molar-refractivity contribution is 0.0502. The van der Waals surface area contributed by atoms with Crippen LogP contribution in [0.1, 0.15) is 26.3 Å². The summed E-state index contributed by atoms with van der Waals surface area (Å²) in [7, 11) is 0. The average Bonchev–Trinajstić information content (AvgIpc) is 2.33. The van der Waals surface area contributed by atoms with Crippen LogP contribution in [-0.4, -0.2) is 29.5 Å². The molecule has 0 aromatic heterocycles. The summed E-state index contributed by atoms with van der Waals surface area (Å²) in [6, 6.07) is 9.49. The van der Waals surface area contributed by atoms with Gasteiger partial charge in [0, 0.05) is 6.54 Å². The number of nitrogens with one attached hydrogen (secondary N) is 2. The van der Waals surface area contributed by atoms with Gasteiger partial charge in [0.15, 0.2) is 0 Å². The number of amides is 1. The van der Waals surface area contributed by atoms with Gasteiger partial charge in [-0.3, -0.25) is 0 Å². The summed E-state index contributed by atoms with van der Waals surface area (Å²) in [6.45, 7) is 5.70. The third-order valence-corrected chi connectivity index (χ3v) is 2.40. The smallest absolute Gasteiger partial charge is 0.407 e. The van der Waals surface area contributed by atoms with Crippen LogP contribution in [0.4, 0.5) is 4.79 Å². The van der Waals surface area contributed by atoms with Crippen LogP contribution in [0, 0.1) is 0 Å². The number of rotatable bonds is 5. The number of hydrogen-bond acceptors (Lipinski definition) is 4. The Balaban J connectivity index is 2.39. The molecule has 0 saturated carbocycles. The Morgan fingerprint density at radius 2 is 1.95 bits per heavy atom. The molecule has 5 heteroatoms. The maximum Gasteiger partial charge on any atom is 0.407 e. The van der Waals surface area contributed by atoms with Crippen LogP contribution in [0.5, 0.6) is 0 Å². The molecule has 0 aliphatic carbocycles. The van der Waals surface area contributed by atoms with Gasteiger partial charge in [0.1, 0.15) is 5.60 Å². The molecule has 19 heavy (non-hydrogen) atoms. The van der Waals surface area contributed by atoms with Gasteiger partial charge in [-0.15, -0.1) is 0 Å². The second kappa shape index (κ2) is 7.11. The zero-order valence-electron chi connectivity index (χ0n) is 11.6. The van der Waals surface area contributed by atoms with Gasteiger partial charge in [0.2, 0.25) is 0 Å². The van der Waals surface area contributed by atoms with E-state index < -0.39 is 11.7 Å². The first kappa shape index (κ1) is 15.5. The topological polar surface area (TPSA) is 70.6 Å². The standard InChI is InChI=1S/C14H22N2O3/c1-14(2,3)19-13(17)15-10-12(16-18)9-11-7-5-4-6-8-11/h4-8,12,16,18H,9-10H2,1-3H3,(H,15,17)/t12-/m1/s1. The first-order valence-corrected chi connectivity index (χ1v) is 6.31. The Labute approximate surface area is 113 Å². The number of carbonyl (C=O) groups excluding carboxylic acids is 1. The van der Waals surface area contributed by atoms with E-state index in [1.165, 1.54) is 0 Å². The van der Waals surface area contributed by atoms with Crippen molar-refractivity contribution in [2.75, 3.05) is 6.54 Å². The van der Waals surface area contributed by atoms with E-state index in [-0.39, 0.29) is 6.04 Å². The number of alkyl carbamates (subject to hydrolysis) is 1. The van der Waals surface area contributed by atoms with Gasteiger partial charge in [-0.25, -0.2) is 10.3 Å². The Hall–Kier alpha value is -1.59. The molecule has 1 aromatic carbocycles. The number of hydrogen-bond donors (Lipinski definition) is 3. The van der Waals surface area contributed by atoms with Crippen LogP contribution in [0.15, 0.2) is 30.3 Å². The molecule has 1 aromatic rings. The highest BCUT2D eigenvalue weighted by atomic mass is 16.6. The summed E-state index contributed by atoms with van der Waals surface area (Å²) in [5.41, 5.74) is 2.76. The van der Waals surface area contributed by atoms with Crippen LogP contribution in [0.2, 0.25) is 0 Å². The van der Waals surface area contributed by atoms with Gasteiger partial charge in [-0.1, -0.05) is 30.3 Å². The molecular formula is C14H22N2O3. The van der Waals surface area contributed by atoms with Crippen LogP contribution < -0.4 is 10.8 Å². The summed E-state index contributed by atoms with van der Waals surface area (Å²) >= 11 is 0. The maximum absolute atomic E-state index is 11.5. The van der Waals surface area contributed by atoms with Gasteiger partial charge in [0.05, 0.1) is 6.04 Å². The molecule has 0 bridgehead atoms. The van der Waals surface area contributed by atoms with Crippen molar-refractivity contribution in [3.8, 4) is 0 Å². The minimum absolute atomic E-state index is 0.255. The highest BCUT2D eigenvalue weighted by Gasteiger charge is 2.17. The first-order chi connectivity index (χ1) is 8.90. The third-order valence-electron chi connectivity index (χ3n) is 2.40. The van der Waals surface area contributed by atoms with E-state index >= 15 is 0 Å². The van der Waals surface area contributed by atoms with Gasteiger partial charge in [-0.2, -0.15) is 0 Å². The van der Waals surface area contributed by atoms with Gasteiger partial charge in [0.25, 0.3) is 0 Å². The predicted octanol–water partition coefficient (Wildman–Crippen LogP) is 2.10. The fraction of sp³-hybridized carbons (Fsp3) is 0.500. The van der Waals surface area contributed by atoms with Crippen molar-refractivity contribution >= 4 is 6.09 Å². The van der Waals surface area contributed by atoms with E-state index in [9.17, 15) is 4.79 Å². The van der Waals surface area contributed by atoms with Crippen molar-refractivity contribution in [1.82, 2.24) is 10.8 Å². The van der Waals surface area contributed by atoms with E-state index in [2.05, 4.69) is 10.8 Å². The largest absolute Gasteiger partial charge is 0.444 e. The quantitative estimate of drug-likeness (QED) is 0.714. The minimum atomic E-state index is -0.522. The molecule has 0 spiro atoms. The lowest BCUT2D eigenvalue weighted by Gasteiger charge is -2.21. The van der Waals surface area contributed by atoms with Crippen molar-refractivity contribution < 1.29 is 14.7 Å².